The molecule has 0 saturated carbocycles. The van der Waals surface area contributed by atoms with Gasteiger partial charge in [0.15, 0.2) is 0 Å². The lowest BCUT2D eigenvalue weighted by Crippen LogP contribution is -1.81. The Balaban J connectivity index is 2.38. The molecule has 0 N–H and O–H groups in total. The van der Waals surface area contributed by atoms with Crippen molar-refractivity contribution in [3.63, 3.8) is 0 Å². The van der Waals surface area contributed by atoms with Gasteiger partial charge in [-0.15, -0.1) is 6.42 Å². The van der Waals surface area contributed by atoms with E-state index in [-0.39, 0.29) is 0 Å². The van der Waals surface area contributed by atoms with E-state index in [1.807, 2.05) is 30.3 Å². The van der Waals surface area contributed by atoms with Gasteiger partial charge in [-0.2, -0.15) is 0 Å². The van der Waals surface area contributed by atoms with E-state index in [9.17, 15) is 0 Å². The number of rotatable bonds is 2. The van der Waals surface area contributed by atoms with Gasteiger partial charge in [0.1, 0.15) is 0 Å². The maximum atomic E-state index is 5.24. The van der Waals surface area contributed by atoms with Crippen molar-refractivity contribution in [3.05, 3.63) is 66.6 Å². The van der Waals surface area contributed by atoms with Crippen LogP contribution in [-0.4, -0.2) is 0 Å². The lowest BCUT2D eigenvalue weighted by molar-refractivity contribution is 1.53. The fraction of sp³-hybridized carbons (Fsp3) is 0. The van der Waals surface area contributed by atoms with Crippen LogP contribution in [0.3, 0.4) is 0 Å². The number of benzene rings is 2. The first kappa shape index (κ1) is 9.55. The molecule has 0 heterocycles. The van der Waals surface area contributed by atoms with Crippen LogP contribution < -0.4 is 0 Å². The van der Waals surface area contributed by atoms with Crippen LogP contribution in [0.25, 0.3) is 11.1 Å². The minimum Gasteiger partial charge on any atom is -0.119 e. The molecule has 0 aliphatic heterocycles. The zero-order chi connectivity index (χ0) is 10.5. The summed E-state index contributed by atoms with van der Waals surface area (Å²) in [6.07, 6.45) is 7.01. The van der Waals surface area contributed by atoms with E-state index in [1.54, 1.807) is 6.42 Å². The summed E-state index contributed by atoms with van der Waals surface area (Å²) in [5.74, 6) is 2.54. The minimum atomic E-state index is 1.07. The number of terminal acetylenes is 1. The van der Waals surface area contributed by atoms with Gasteiger partial charge in [0.2, 0.25) is 0 Å². The smallest absolute Gasteiger partial charge is 0.0628 e. The third kappa shape index (κ3) is 2.27. The molecule has 15 heavy (non-hydrogen) atoms. The van der Waals surface area contributed by atoms with Crippen molar-refractivity contribution in [3.8, 4) is 23.5 Å². The third-order valence-corrected chi connectivity index (χ3v) is 2.24. The van der Waals surface area contributed by atoms with Crippen LogP contribution in [0.4, 0.5) is 0 Å². The van der Waals surface area contributed by atoms with Gasteiger partial charge in [0.25, 0.3) is 0 Å². The highest BCUT2D eigenvalue weighted by Gasteiger charge is 1.97. The molecule has 0 aromatic heterocycles. The van der Waals surface area contributed by atoms with Gasteiger partial charge in [-0.25, -0.2) is 0 Å². The van der Waals surface area contributed by atoms with Crippen LogP contribution in [0.15, 0.2) is 54.6 Å². The Morgan fingerprint density at radius 2 is 1.60 bits per heavy atom. The molecule has 0 amide bonds. The average Bonchev–Trinajstić information content (AvgIpc) is 2.31. The van der Waals surface area contributed by atoms with Crippen LogP contribution in [0.5, 0.6) is 0 Å². The third-order valence-electron chi connectivity index (χ3n) is 2.24. The molecule has 1 radical (unpaired) electrons. The van der Waals surface area contributed by atoms with E-state index in [4.69, 9.17) is 6.42 Å². The summed E-state index contributed by atoms with van der Waals surface area (Å²) in [5.41, 5.74) is 3.48. The quantitative estimate of drug-likeness (QED) is 0.637. The van der Waals surface area contributed by atoms with Crippen LogP contribution in [-0.2, 0) is 0 Å². The van der Waals surface area contributed by atoms with Crippen molar-refractivity contribution in [2.24, 2.45) is 0 Å². The molecular formula is C15H11. The van der Waals surface area contributed by atoms with Crippen molar-refractivity contribution in [2.75, 3.05) is 0 Å². The van der Waals surface area contributed by atoms with Crippen LogP contribution in [0, 0.1) is 18.8 Å². The van der Waals surface area contributed by atoms with Crippen molar-refractivity contribution in [1.82, 2.24) is 0 Å². The second-order valence-electron chi connectivity index (χ2n) is 3.30. The molecule has 2 rings (SSSR count). The lowest BCUT2D eigenvalue weighted by Gasteiger charge is -2.02. The molecule has 0 fully saturated rings. The van der Waals surface area contributed by atoms with Gasteiger partial charge >= 0.3 is 0 Å². The molecule has 0 unspecified atom stereocenters. The molecule has 0 atom stereocenters. The molecule has 2 aromatic rings. The molecule has 0 bridgehead atoms. The Hall–Kier alpha value is -2.00. The van der Waals surface area contributed by atoms with Crippen molar-refractivity contribution < 1.29 is 0 Å². The normalized spacial score (nSPS) is 9.53. The second kappa shape index (κ2) is 4.48. The maximum absolute atomic E-state index is 5.24. The summed E-state index contributed by atoms with van der Waals surface area (Å²) in [6.45, 7) is 0. The monoisotopic (exact) mass is 191 g/mol. The summed E-state index contributed by atoms with van der Waals surface area (Å²) in [6, 6.07) is 18.5. The van der Waals surface area contributed by atoms with Gasteiger partial charge in [-0.1, -0.05) is 54.5 Å². The molecule has 0 heteroatoms. The highest BCUT2D eigenvalue weighted by molar-refractivity contribution is 5.64. The van der Waals surface area contributed by atoms with Gasteiger partial charge < -0.3 is 0 Å². The fourth-order valence-corrected chi connectivity index (χ4v) is 1.53. The topological polar surface area (TPSA) is 0 Å². The largest absolute Gasteiger partial charge is 0.119 e. The zero-order valence-corrected chi connectivity index (χ0v) is 8.35. The van der Waals surface area contributed by atoms with Crippen LogP contribution >= 0.6 is 0 Å². The molecule has 0 aliphatic carbocycles. The summed E-state index contributed by atoms with van der Waals surface area (Å²) in [7, 11) is 0. The predicted molar refractivity (Wildman–Crippen MR) is 64.1 cm³/mol. The minimum absolute atomic E-state index is 1.07. The second-order valence-corrected chi connectivity index (χ2v) is 3.30. The molecule has 71 valence electrons. The number of hydrogen-bond acceptors (Lipinski definition) is 0. The first-order valence-corrected chi connectivity index (χ1v) is 4.85. The molecule has 0 saturated heterocycles. The van der Waals surface area contributed by atoms with Gasteiger partial charge in [-0.05, 0) is 22.8 Å². The van der Waals surface area contributed by atoms with E-state index < -0.39 is 0 Å². The molecule has 0 nitrogen and oxygen atoms in total. The summed E-state index contributed by atoms with van der Waals surface area (Å²) >= 11 is 0. The molecule has 2 aromatic carbocycles. The Morgan fingerprint density at radius 1 is 0.867 bits per heavy atom. The Kier molecular flexibility index (Phi) is 2.85. The average molecular weight is 191 g/mol. The highest BCUT2D eigenvalue weighted by Crippen LogP contribution is 2.20. The lowest BCUT2D eigenvalue weighted by atomic mass is 10.0. The van der Waals surface area contributed by atoms with E-state index >= 15 is 0 Å². The number of hydrogen-bond donors (Lipinski definition) is 0. The Bertz CT molecular complexity index is 475. The zero-order valence-electron chi connectivity index (χ0n) is 8.35. The SMILES string of the molecule is C#C[CH]c1cccc(-c2ccccc2)c1. The summed E-state index contributed by atoms with van der Waals surface area (Å²) in [4.78, 5) is 0. The van der Waals surface area contributed by atoms with Crippen molar-refractivity contribution in [2.45, 2.75) is 0 Å². The van der Waals surface area contributed by atoms with Gasteiger partial charge in [0, 0.05) is 0 Å². The van der Waals surface area contributed by atoms with E-state index in [0.29, 0.717) is 0 Å². The van der Waals surface area contributed by atoms with Gasteiger partial charge in [-0.3, -0.25) is 0 Å². The molecular weight excluding hydrogens is 180 g/mol. The van der Waals surface area contributed by atoms with Crippen LogP contribution in [0.1, 0.15) is 5.56 Å². The first-order valence-electron chi connectivity index (χ1n) is 4.85. The van der Waals surface area contributed by atoms with Crippen molar-refractivity contribution in [1.29, 1.82) is 0 Å². The van der Waals surface area contributed by atoms with E-state index in [0.717, 1.165) is 5.56 Å². The Labute approximate surface area is 90.6 Å². The standard InChI is InChI=1S/C15H11/c1-2-7-13-8-6-11-15(12-13)14-9-4-3-5-10-14/h1,3-12H. The van der Waals surface area contributed by atoms with Crippen LogP contribution in [0.2, 0.25) is 0 Å². The van der Waals surface area contributed by atoms with Crippen molar-refractivity contribution >= 4 is 0 Å². The molecule has 0 aliphatic rings. The summed E-state index contributed by atoms with van der Waals surface area (Å²) in [5, 5.41) is 0. The summed E-state index contributed by atoms with van der Waals surface area (Å²) < 4.78 is 0. The maximum Gasteiger partial charge on any atom is 0.0628 e. The van der Waals surface area contributed by atoms with E-state index in [2.05, 4.69) is 30.2 Å². The van der Waals surface area contributed by atoms with Gasteiger partial charge in [0.05, 0.1) is 6.42 Å². The highest BCUT2D eigenvalue weighted by atomic mass is 14.0. The Morgan fingerprint density at radius 3 is 2.33 bits per heavy atom. The fourth-order valence-electron chi connectivity index (χ4n) is 1.53. The molecule has 0 spiro atoms. The predicted octanol–water partition coefficient (Wildman–Crippen LogP) is 3.54. The van der Waals surface area contributed by atoms with E-state index in [1.165, 1.54) is 11.1 Å². The first-order chi connectivity index (χ1) is 7.40.